The minimum Gasteiger partial charge on any atom is -0.481 e. The summed E-state index contributed by atoms with van der Waals surface area (Å²) in [6, 6.07) is 7.73. The molecular formula is C12H14O4S. The standard InChI is InChI=1S/C12H14O4S/c1-8-2-4-9(5-3-8)7-17-10(12(15)16)6-11(13)14/h2-5,10H,6-7H2,1H3,(H,13,14)(H,15,16)/t10-/m0/s1. The molecule has 1 atom stereocenters. The highest BCUT2D eigenvalue weighted by atomic mass is 32.2. The van der Waals surface area contributed by atoms with Gasteiger partial charge in [0.2, 0.25) is 0 Å². The normalized spacial score (nSPS) is 12.1. The third-order valence-corrected chi connectivity index (χ3v) is 3.48. The molecule has 0 saturated carbocycles. The summed E-state index contributed by atoms with van der Waals surface area (Å²) in [4.78, 5) is 21.3. The van der Waals surface area contributed by atoms with E-state index in [4.69, 9.17) is 10.2 Å². The van der Waals surface area contributed by atoms with Crippen molar-refractivity contribution in [3.8, 4) is 0 Å². The second-order valence-corrected chi connectivity index (χ2v) is 4.91. The number of carboxylic acids is 2. The van der Waals surface area contributed by atoms with Crippen molar-refractivity contribution in [3.63, 3.8) is 0 Å². The highest BCUT2D eigenvalue weighted by Gasteiger charge is 2.21. The number of carboxylic acid groups (broad SMARTS) is 2. The van der Waals surface area contributed by atoms with E-state index in [9.17, 15) is 9.59 Å². The molecule has 0 spiro atoms. The van der Waals surface area contributed by atoms with Crippen LogP contribution in [0, 0.1) is 6.92 Å². The Labute approximate surface area is 104 Å². The molecule has 5 heteroatoms. The van der Waals surface area contributed by atoms with E-state index < -0.39 is 17.2 Å². The van der Waals surface area contributed by atoms with Crippen LogP contribution in [0.1, 0.15) is 17.5 Å². The highest BCUT2D eigenvalue weighted by Crippen LogP contribution is 2.21. The third-order valence-electron chi connectivity index (χ3n) is 2.21. The second-order valence-electron chi connectivity index (χ2n) is 3.72. The van der Waals surface area contributed by atoms with Crippen molar-refractivity contribution in [2.45, 2.75) is 24.3 Å². The van der Waals surface area contributed by atoms with Crippen LogP contribution in [0.2, 0.25) is 0 Å². The lowest BCUT2D eigenvalue weighted by Crippen LogP contribution is -2.20. The molecule has 0 bridgehead atoms. The maximum absolute atomic E-state index is 10.8. The molecule has 0 heterocycles. The molecule has 0 aromatic heterocycles. The first-order chi connectivity index (χ1) is 7.99. The predicted octanol–water partition coefficient (Wildman–Crippen LogP) is 2.16. The number of aliphatic carboxylic acids is 2. The van der Waals surface area contributed by atoms with Gasteiger partial charge in [0.1, 0.15) is 5.25 Å². The van der Waals surface area contributed by atoms with Crippen LogP contribution in [-0.4, -0.2) is 27.4 Å². The van der Waals surface area contributed by atoms with Crippen molar-refractivity contribution in [1.29, 1.82) is 0 Å². The van der Waals surface area contributed by atoms with Gasteiger partial charge in [-0.25, -0.2) is 0 Å². The molecular weight excluding hydrogens is 240 g/mol. The molecule has 0 aliphatic carbocycles. The van der Waals surface area contributed by atoms with Crippen LogP contribution in [0.15, 0.2) is 24.3 Å². The Morgan fingerprint density at radius 3 is 2.29 bits per heavy atom. The van der Waals surface area contributed by atoms with Gasteiger partial charge in [-0.1, -0.05) is 29.8 Å². The van der Waals surface area contributed by atoms with E-state index in [1.54, 1.807) is 0 Å². The number of aryl methyl sites for hydroxylation is 1. The Balaban J connectivity index is 2.54. The molecule has 1 rings (SSSR count). The zero-order valence-corrected chi connectivity index (χ0v) is 10.2. The number of hydrogen-bond donors (Lipinski definition) is 2. The van der Waals surface area contributed by atoms with E-state index in [1.807, 2.05) is 31.2 Å². The van der Waals surface area contributed by atoms with Gasteiger partial charge in [-0.2, -0.15) is 0 Å². The Bertz CT molecular complexity index is 399. The van der Waals surface area contributed by atoms with E-state index in [2.05, 4.69) is 0 Å². The first-order valence-corrected chi connectivity index (χ1v) is 6.15. The summed E-state index contributed by atoms with van der Waals surface area (Å²) in [7, 11) is 0. The first-order valence-electron chi connectivity index (χ1n) is 5.11. The smallest absolute Gasteiger partial charge is 0.317 e. The summed E-state index contributed by atoms with van der Waals surface area (Å²) in [5, 5.41) is 16.6. The summed E-state index contributed by atoms with van der Waals surface area (Å²) < 4.78 is 0. The SMILES string of the molecule is Cc1ccc(CS[C@@H](CC(=O)O)C(=O)O)cc1. The lowest BCUT2D eigenvalue weighted by atomic mass is 10.2. The van der Waals surface area contributed by atoms with Gasteiger partial charge < -0.3 is 10.2 Å². The number of carbonyl (C=O) groups is 2. The van der Waals surface area contributed by atoms with E-state index in [0.717, 1.165) is 22.9 Å². The number of thioether (sulfide) groups is 1. The molecule has 1 aromatic rings. The summed E-state index contributed by atoms with van der Waals surface area (Å²) in [5.41, 5.74) is 2.14. The van der Waals surface area contributed by atoms with Gasteiger partial charge in [-0.05, 0) is 12.5 Å². The van der Waals surface area contributed by atoms with Crippen molar-refractivity contribution < 1.29 is 19.8 Å². The van der Waals surface area contributed by atoms with Crippen LogP contribution in [0.4, 0.5) is 0 Å². The Morgan fingerprint density at radius 2 is 1.82 bits per heavy atom. The first kappa shape index (κ1) is 13.6. The monoisotopic (exact) mass is 254 g/mol. The average molecular weight is 254 g/mol. The molecule has 0 aliphatic heterocycles. The van der Waals surface area contributed by atoms with Crippen LogP contribution in [-0.2, 0) is 15.3 Å². The summed E-state index contributed by atoms with van der Waals surface area (Å²) in [6.45, 7) is 1.97. The van der Waals surface area contributed by atoms with Crippen molar-refractivity contribution >= 4 is 23.7 Å². The zero-order valence-electron chi connectivity index (χ0n) is 9.42. The summed E-state index contributed by atoms with van der Waals surface area (Å²) >= 11 is 1.14. The van der Waals surface area contributed by atoms with E-state index in [1.165, 1.54) is 0 Å². The van der Waals surface area contributed by atoms with Crippen molar-refractivity contribution in [3.05, 3.63) is 35.4 Å². The van der Waals surface area contributed by atoms with Gasteiger partial charge in [-0.15, -0.1) is 11.8 Å². The molecule has 92 valence electrons. The number of benzene rings is 1. The van der Waals surface area contributed by atoms with Crippen LogP contribution >= 0.6 is 11.8 Å². The van der Waals surface area contributed by atoms with Crippen LogP contribution in [0.5, 0.6) is 0 Å². The predicted molar refractivity (Wildman–Crippen MR) is 66.2 cm³/mol. The number of hydrogen-bond acceptors (Lipinski definition) is 3. The average Bonchev–Trinajstić information content (AvgIpc) is 2.25. The summed E-state index contributed by atoms with van der Waals surface area (Å²) in [6.07, 6.45) is -0.355. The van der Waals surface area contributed by atoms with Crippen LogP contribution < -0.4 is 0 Å². The van der Waals surface area contributed by atoms with Gasteiger partial charge >= 0.3 is 11.9 Å². The Morgan fingerprint density at radius 1 is 1.24 bits per heavy atom. The van der Waals surface area contributed by atoms with Crippen molar-refractivity contribution in [2.75, 3.05) is 0 Å². The lowest BCUT2D eigenvalue weighted by molar-refractivity contribution is -0.142. The maximum atomic E-state index is 10.8. The fraction of sp³-hybridized carbons (Fsp3) is 0.333. The molecule has 0 saturated heterocycles. The molecule has 0 amide bonds. The molecule has 2 N–H and O–H groups in total. The molecule has 0 aliphatic rings. The van der Waals surface area contributed by atoms with E-state index in [-0.39, 0.29) is 6.42 Å². The Kier molecular flexibility index (Phi) is 5.03. The lowest BCUT2D eigenvalue weighted by Gasteiger charge is -2.09. The fourth-order valence-corrected chi connectivity index (χ4v) is 2.25. The molecule has 0 fully saturated rings. The highest BCUT2D eigenvalue weighted by molar-refractivity contribution is 7.99. The van der Waals surface area contributed by atoms with Crippen molar-refractivity contribution in [1.82, 2.24) is 0 Å². The topological polar surface area (TPSA) is 74.6 Å². The Hall–Kier alpha value is -1.49. The largest absolute Gasteiger partial charge is 0.481 e. The molecule has 17 heavy (non-hydrogen) atoms. The van der Waals surface area contributed by atoms with Crippen LogP contribution in [0.3, 0.4) is 0 Å². The molecule has 4 nitrogen and oxygen atoms in total. The number of rotatable bonds is 6. The van der Waals surface area contributed by atoms with Gasteiger partial charge in [0.15, 0.2) is 0 Å². The molecule has 0 unspecified atom stereocenters. The maximum Gasteiger partial charge on any atom is 0.317 e. The summed E-state index contributed by atoms with van der Waals surface area (Å²) in [5.74, 6) is -1.66. The fourth-order valence-electron chi connectivity index (χ4n) is 1.26. The zero-order chi connectivity index (χ0) is 12.8. The van der Waals surface area contributed by atoms with E-state index in [0.29, 0.717) is 5.75 Å². The van der Waals surface area contributed by atoms with Gasteiger partial charge in [-0.3, -0.25) is 9.59 Å². The molecule has 0 radical (unpaired) electrons. The van der Waals surface area contributed by atoms with Gasteiger partial charge in [0, 0.05) is 5.75 Å². The third kappa shape index (κ3) is 4.91. The van der Waals surface area contributed by atoms with Gasteiger partial charge in [0.25, 0.3) is 0 Å². The van der Waals surface area contributed by atoms with E-state index >= 15 is 0 Å². The minimum absolute atomic E-state index is 0.355. The second kappa shape index (κ2) is 6.30. The minimum atomic E-state index is -1.09. The quantitative estimate of drug-likeness (QED) is 0.813. The molecule has 1 aromatic carbocycles. The van der Waals surface area contributed by atoms with Crippen molar-refractivity contribution in [2.24, 2.45) is 0 Å². The van der Waals surface area contributed by atoms with Gasteiger partial charge in [0.05, 0.1) is 6.42 Å². The van der Waals surface area contributed by atoms with Crippen LogP contribution in [0.25, 0.3) is 0 Å².